The molecule has 2 aromatic carbocycles. The molecule has 2 rings (SSSR count). The molecule has 2 nitrogen and oxygen atoms in total. The van der Waals surface area contributed by atoms with Crippen molar-refractivity contribution < 1.29 is 27.0 Å². The molecule has 0 bridgehead atoms. The van der Waals surface area contributed by atoms with Gasteiger partial charge in [-0.3, -0.25) is 0 Å². The maximum absolute atomic E-state index is 13.4. The Morgan fingerprint density at radius 1 is 1.05 bits per heavy atom. The first-order valence-corrected chi connectivity index (χ1v) is 6.56. The molecule has 2 aromatic rings. The highest BCUT2D eigenvalue weighted by atomic mass is 79.9. The molecule has 0 aliphatic heterocycles. The van der Waals surface area contributed by atoms with E-state index in [1.165, 1.54) is 18.2 Å². The number of ether oxygens (including phenoxy) is 2. The van der Waals surface area contributed by atoms with Crippen LogP contribution in [0.5, 0.6) is 11.5 Å². The molecule has 0 N–H and O–H groups in total. The van der Waals surface area contributed by atoms with Crippen LogP contribution in [-0.2, 0) is 6.61 Å². The van der Waals surface area contributed by atoms with Crippen LogP contribution < -0.4 is 9.47 Å². The highest BCUT2D eigenvalue weighted by Gasteiger charge is 2.31. The lowest BCUT2D eigenvalue weighted by Gasteiger charge is -2.12. The van der Waals surface area contributed by atoms with Gasteiger partial charge in [-0.15, -0.1) is 13.2 Å². The van der Waals surface area contributed by atoms with E-state index in [-0.39, 0.29) is 16.8 Å². The van der Waals surface area contributed by atoms with Gasteiger partial charge in [0.25, 0.3) is 0 Å². The lowest BCUT2D eigenvalue weighted by molar-refractivity contribution is -0.274. The highest BCUT2D eigenvalue weighted by Crippen LogP contribution is 2.33. The summed E-state index contributed by atoms with van der Waals surface area (Å²) in [6, 6.07) is 9.83. The SMILES string of the molecule is Fc1ccccc1COc1ccc(OC(F)(F)F)c(Br)c1. The van der Waals surface area contributed by atoms with Gasteiger partial charge in [-0.1, -0.05) is 18.2 Å². The summed E-state index contributed by atoms with van der Waals surface area (Å²) >= 11 is 2.96. The maximum atomic E-state index is 13.4. The number of rotatable bonds is 4. The fourth-order valence-corrected chi connectivity index (χ4v) is 1.99. The average molecular weight is 365 g/mol. The monoisotopic (exact) mass is 364 g/mol. The third-order valence-electron chi connectivity index (χ3n) is 2.48. The Labute approximate surface area is 126 Å². The molecule has 0 saturated heterocycles. The van der Waals surface area contributed by atoms with Gasteiger partial charge in [0.1, 0.15) is 23.9 Å². The largest absolute Gasteiger partial charge is 0.573 e. The van der Waals surface area contributed by atoms with Gasteiger partial charge in [0.2, 0.25) is 0 Å². The van der Waals surface area contributed by atoms with Gasteiger partial charge in [-0.05, 0) is 40.2 Å². The standard InChI is InChI=1S/C14H9BrF4O2/c15-11-7-10(5-6-13(11)21-14(17,18)19)20-8-9-3-1-2-4-12(9)16/h1-7H,8H2. The van der Waals surface area contributed by atoms with E-state index in [4.69, 9.17) is 4.74 Å². The summed E-state index contributed by atoms with van der Waals surface area (Å²) in [5.41, 5.74) is 0.351. The minimum absolute atomic E-state index is 0.0292. The molecule has 0 radical (unpaired) electrons. The molecule has 7 heteroatoms. The Hall–Kier alpha value is -1.76. The van der Waals surface area contributed by atoms with Crippen molar-refractivity contribution in [1.29, 1.82) is 0 Å². The van der Waals surface area contributed by atoms with Gasteiger partial charge in [-0.2, -0.15) is 0 Å². The molecule has 0 heterocycles. The van der Waals surface area contributed by atoms with E-state index in [9.17, 15) is 17.6 Å². The van der Waals surface area contributed by atoms with Crippen LogP contribution in [0.1, 0.15) is 5.56 Å². The topological polar surface area (TPSA) is 18.5 Å². The minimum atomic E-state index is -4.77. The lowest BCUT2D eigenvalue weighted by Crippen LogP contribution is -2.17. The van der Waals surface area contributed by atoms with Crippen molar-refractivity contribution in [2.75, 3.05) is 0 Å². The second-order valence-corrected chi connectivity index (χ2v) is 4.87. The second-order valence-electron chi connectivity index (χ2n) is 4.02. The third kappa shape index (κ3) is 4.63. The zero-order valence-corrected chi connectivity index (χ0v) is 12.0. The number of hydrogen-bond acceptors (Lipinski definition) is 2. The Kier molecular flexibility index (Phi) is 4.72. The molecule has 0 aliphatic carbocycles. The molecular weight excluding hydrogens is 356 g/mol. The predicted octanol–water partition coefficient (Wildman–Crippen LogP) is 5.07. The van der Waals surface area contributed by atoms with E-state index in [0.29, 0.717) is 11.3 Å². The summed E-state index contributed by atoms with van der Waals surface area (Å²) < 4.78 is 59.0. The van der Waals surface area contributed by atoms with Gasteiger partial charge < -0.3 is 9.47 Å². The number of benzene rings is 2. The summed E-state index contributed by atoms with van der Waals surface area (Å²) in [4.78, 5) is 0. The van der Waals surface area contributed by atoms with Gasteiger partial charge in [0.05, 0.1) is 4.47 Å². The van der Waals surface area contributed by atoms with E-state index in [1.807, 2.05) is 0 Å². The summed E-state index contributed by atoms with van der Waals surface area (Å²) in [5, 5.41) is 0. The molecule has 0 amide bonds. The molecule has 112 valence electrons. The summed E-state index contributed by atoms with van der Waals surface area (Å²) in [5.74, 6) is -0.492. The molecule has 0 aromatic heterocycles. The molecule has 0 spiro atoms. The molecule has 21 heavy (non-hydrogen) atoms. The van der Waals surface area contributed by atoms with Crippen LogP contribution in [-0.4, -0.2) is 6.36 Å². The van der Waals surface area contributed by atoms with Gasteiger partial charge >= 0.3 is 6.36 Å². The summed E-state index contributed by atoms with van der Waals surface area (Å²) in [7, 11) is 0. The predicted molar refractivity (Wildman–Crippen MR) is 71.6 cm³/mol. The van der Waals surface area contributed by atoms with Crippen LogP contribution >= 0.6 is 15.9 Å². The van der Waals surface area contributed by atoms with E-state index >= 15 is 0 Å². The summed E-state index contributed by atoms with van der Waals surface area (Å²) in [6.07, 6.45) is -4.77. The summed E-state index contributed by atoms with van der Waals surface area (Å²) in [6.45, 7) is -0.0292. The highest BCUT2D eigenvalue weighted by molar-refractivity contribution is 9.10. The molecule has 0 unspecified atom stereocenters. The Morgan fingerprint density at radius 2 is 1.76 bits per heavy atom. The first-order chi connectivity index (χ1) is 9.85. The van der Waals surface area contributed by atoms with Crippen molar-refractivity contribution in [1.82, 2.24) is 0 Å². The van der Waals surface area contributed by atoms with E-state index in [1.54, 1.807) is 18.2 Å². The van der Waals surface area contributed by atoms with E-state index in [2.05, 4.69) is 20.7 Å². The Balaban J connectivity index is 2.05. The van der Waals surface area contributed by atoms with Crippen molar-refractivity contribution >= 4 is 15.9 Å². The zero-order valence-electron chi connectivity index (χ0n) is 10.5. The van der Waals surface area contributed by atoms with Gasteiger partial charge in [0, 0.05) is 5.56 Å². The molecule has 0 fully saturated rings. The van der Waals surface area contributed by atoms with Crippen molar-refractivity contribution in [3.8, 4) is 11.5 Å². The Morgan fingerprint density at radius 3 is 2.38 bits per heavy atom. The molecular formula is C14H9BrF4O2. The normalized spacial score (nSPS) is 11.3. The molecule has 0 saturated carbocycles. The van der Waals surface area contributed by atoms with Crippen molar-refractivity contribution in [2.45, 2.75) is 13.0 Å². The third-order valence-corrected chi connectivity index (χ3v) is 3.10. The van der Waals surface area contributed by atoms with E-state index < -0.39 is 12.2 Å². The van der Waals surface area contributed by atoms with Crippen LogP contribution in [0, 0.1) is 5.82 Å². The first kappa shape index (κ1) is 15.6. The number of hydrogen-bond donors (Lipinski definition) is 0. The van der Waals surface area contributed by atoms with Gasteiger partial charge in [0.15, 0.2) is 0 Å². The van der Waals surface area contributed by atoms with Crippen molar-refractivity contribution in [3.63, 3.8) is 0 Å². The first-order valence-electron chi connectivity index (χ1n) is 5.76. The maximum Gasteiger partial charge on any atom is 0.573 e. The van der Waals surface area contributed by atoms with E-state index in [0.717, 1.165) is 6.07 Å². The van der Waals surface area contributed by atoms with Crippen molar-refractivity contribution in [2.24, 2.45) is 0 Å². The van der Waals surface area contributed by atoms with Gasteiger partial charge in [-0.25, -0.2) is 4.39 Å². The number of halogens is 5. The zero-order chi connectivity index (χ0) is 15.5. The number of alkyl halides is 3. The quantitative estimate of drug-likeness (QED) is 0.705. The van der Waals surface area contributed by atoms with Crippen LogP contribution in [0.2, 0.25) is 0 Å². The fourth-order valence-electron chi connectivity index (χ4n) is 1.56. The second kappa shape index (κ2) is 6.34. The Bertz CT molecular complexity index is 629. The van der Waals surface area contributed by atoms with Crippen LogP contribution in [0.3, 0.4) is 0 Å². The minimum Gasteiger partial charge on any atom is -0.489 e. The van der Waals surface area contributed by atoms with Crippen LogP contribution in [0.15, 0.2) is 46.9 Å². The van der Waals surface area contributed by atoms with Crippen LogP contribution in [0.25, 0.3) is 0 Å². The van der Waals surface area contributed by atoms with Crippen molar-refractivity contribution in [3.05, 3.63) is 58.3 Å². The molecule has 0 aliphatic rings. The smallest absolute Gasteiger partial charge is 0.489 e. The lowest BCUT2D eigenvalue weighted by atomic mass is 10.2. The molecule has 0 atom stereocenters. The average Bonchev–Trinajstić information content (AvgIpc) is 2.39. The fraction of sp³-hybridized carbons (Fsp3) is 0.143. The van der Waals surface area contributed by atoms with Crippen LogP contribution in [0.4, 0.5) is 17.6 Å².